The molecule has 0 radical (unpaired) electrons. The summed E-state index contributed by atoms with van der Waals surface area (Å²) in [6.07, 6.45) is 2.37. The quantitative estimate of drug-likeness (QED) is 0.727. The maximum Gasteiger partial charge on any atom is 0.100 e. The second kappa shape index (κ2) is 6.57. The summed E-state index contributed by atoms with van der Waals surface area (Å²) in [4.78, 5) is 1.04. The lowest BCUT2D eigenvalue weighted by Crippen LogP contribution is -2.22. The molecule has 0 heterocycles. The first kappa shape index (κ1) is 13.1. The van der Waals surface area contributed by atoms with Crippen molar-refractivity contribution in [3.8, 4) is 6.07 Å². The molecule has 1 atom stereocenters. The van der Waals surface area contributed by atoms with Gasteiger partial charge in [0.15, 0.2) is 0 Å². The Balaban J connectivity index is 2.69. The molecule has 3 heteroatoms. The van der Waals surface area contributed by atoms with E-state index in [0.29, 0.717) is 6.04 Å². The molecule has 0 aromatic heterocycles. The zero-order valence-corrected chi connectivity index (χ0v) is 10.9. The molecule has 1 rings (SSSR count). The number of benzene rings is 1. The molecule has 86 valence electrons. The molecule has 2 nitrogen and oxygen atoms in total. The zero-order valence-electron chi connectivity index (χ0n) is 10.1. The Morgan fingerprint density at radius 1 is 1.44 bits per heavy atom. The summed E-state index contributed by atoms with van der Waals surface area (Å²) in [5.74, 6) is 0. The van der Waals surface area contributed by atoms with Crippen LogP contribution in [-0.2, 0) is 0 Å². The maximum absolute atomic E-state index is 8.99. The van der Waals surface area contributed by atoms with Crippen molar-refractivity contribution >= 4 is 11.9 Å². The molecule has 0 aliphatic rings. The summed E-state index contributed by atoms with van der Waals surface area (Å²) in [5, 5.41) is 8.99. The highest BCUT2D eigenvalue weighted by molar-refractivity contribution is 7.97. The molecule has 1 aromatic carbocycles. The lowest BCUT2D eigenvalue weighted by molar-refractivity contribution is 0.408. The monoisotopic (exact) mass is 234 g/mol. The van der Waals surface area contributed by atoms with E-state index in [2.05, 4.69) is 31.3 Å². The van der Waals surface area contributed by atoms with Gasteiger partial charge < -0.3 is 0 Å². The fourth-order valence-corrected chi connectivity index (χ4v) is 2.43. The SMILES string of the molecule is CCCC(C)N(C)Sc1ccccc1C#N. The zero-order chi connectivity index (χ0) is 12.0. The minimum absolute atomic E-state index is 0.529. The summed E-state index contributed by atoms with van der Waals surface area (Å²) in [6.45, 7) is 4.41. The minimum Gasteiger partial charge on any atom is -0.247 e. The first-order valence-electron chi connectivity index (χ1n) is 5.59. The molecular weight excluding hydrogens is 216 g/mol. The van der Waals surface area contributed by atoms with Gasteiger partial charge in [-0.1, -0.05) is 25.5 Å². The van der Waals surface area contributed by atoms with E-state index in [1.54, 1.807) is 11.9 Å². The summed E-state index contributed by atoms with van der Waals surface area (Å²) in [5.41, 5.74) is 0.753. The maximum atomic E-state index is 8.99. The molecular formula is C13H18N2S. The van der Waals surface area contributed by atoms with Crippen LogP contribution in [0.15, 0.2) is 29.2 Å². The van der Waals surface area contributed by atoms with E-state index in [1.165, 1.54) is 12.8 Å². The molecule has 1 aromatic rings. The molecule has 0 amide bonds. The first-order valence-corrected chi connectivity index (χ1v) is 6.36. The Morgan fingerprint density at radius 2 is 2.12 bits per heavy atom. The van der Waals surface area contributed by atoms with Gasteiger partial charge in [-0.25, -0.2) is 4.31 Å². The molecule has 0 aliphatic heterocycles. The number of hydrogen-bond acceptors (Lipinski definition) is 3. The van der Waals surface area contributed by atoms with Gasteiger partial charge >= 0.3 is 0 Å². The van der Waals surface area contributed by atoms with Crippen LogP contribution in [0.4, 0.5) is 0 Å². The third kappa shape index (κ3) is 3.55. The molecule has 0 saturated carbocycles. The lowest BCUT2D eigenvalue weighted by atomic mass is 10.2. The standard InChI is InChI=1S/C13H18N2S/c1-4-7-11(2)15(3)16-13-9-6-5-8-12(13)10-14/h5-6,8-9,11H,4,7H2,1-3H3. The number of nitriles is 1. The Labute approximate surface area is 102 Å². The molecule has 1 unspecified atom stereocenters. The van der Waals surface area contributed by atoms with Crippen LogP contribution in [-0.4, -0.2) is 17.4 Å². The Morgan fingerprint density at radius 3 is 2.75 bits per heavy atom. The molecule has 0 bridgehead atoms. The number of rotatable bonds is 5. The third-order valence-electron chi connectivity index (χ3n) is 2.58. The lowest BCUT2D eigenvalue weighted by Gasteiger charge is -2.23. The van der Waals surface area contributed by atoms with Crippen molar-refractivity contribution in [2.45, 2.75) is 37.6 Å². The van der Waals surface area contributed by atoms with Gasteiger partial charge in [0.05, 0.1) is 5.56 Å². The van der Waals surface area contributed by atoms with Gasteiger partial charge in [-0.15, -0.1) is 0 Å². The van der Waals surface area contributed by atoms with Gasteiger partial charge in [-0.05, 0) is 44.5 Å². The van der Waals surface area contributed by atoms with Crippen LogP contribution in [0.5, 0.6) is 0 Å². The Bertz CT molecular complexity index is 370. The summed E-state index contributed by atoms with van der Waals surface area (Å²) >= 11 is 1.65. The Kier molecular flexibility index (Phi) is 5.37. The van der Waals surface area contributed by atoms with E-state index in [4.69, 9.17) is 5.26 Å². The van der Waals surface area contributed by atoms with Crippen molar-refractivity contribution in [1.29, 1.82) is 5.26 Å². The van der Waals surface area contributed by atoms with Crippen LogP contribution in [0.3, 0.4) is 0 Å². The van der Waals surface area contributed by atoms with E-state index in [1.807, 2.05) is 24.3 Å². The van der Waals surface area contributed by atoms with Gasteiger partial charge in [0.2, 0.25) is 0 Å². The fraction of sp³-hybridized carbons (Fsp3) is 0.462. The van der Waals surface area contributed by atoms with Gasteiger partial charge in [0.1, 0.15) is 6.07 Å². The van der Waals surface area contributed by atoms with Crippen molar-refractivity contribution in [3.05, 3.63) is 29.8 Å². The highest BCUT2D eigenvalue weighted by Crippen LogP contribution is 2.27. The van der Waals surface area contributed by atoms with E-state index >= 15 is 0 Å². The third-order valence-corrected chi connectivity index (χ3v) is 3.78. The van der Waals surface area contributed by atoms with Crippen molar-refractivity contribution in [3.63, 3.8) is 0 Å². The van der Waals surface area contributed by atoms with Gasteiger partial charge in [-0.3, -0.25) is 0 Å². The largest absolute Gasteiger partial charge is 0.247 e. The molecule has 16 heavy (non-hydrogen) atoms. The van der Waals surface area contributed by atoms with Crippen LogP contribution >= 0.6 is 11.9 Å². The highest BCUT2D eigenvalue weighted by atomic mass is 32.2. The number of hydrogen-bond donors (Lipinski definition) is 0. The highest BCUT2D eigenvalue weighted by Gasteiger charge is 2.11. The Hall–Kier alpha value is -0.980. The van der Waals surface area contributed by atoms with Crippen molar-refractivity contribution in [1.82, 2.24) is 4.31 Å². The minimum atomic E-state index is 0.529. The van der Waals surface area contributed by atoms with Crippen LogP contribution in [0, 0.1) is 11.3 Å². The van der Waals surface area contributed by atoms with Crippen LogP contribution in [0.1, 0.15) is 32.3 Å². The van der Waals surface area contributed by atoms with Crippen molar-refractivity contribution in [2.75, 3.05) is 7.05 Å². The normalized spacial score (nSPS) is 12.4. The van der Waals surface area contributed by atoms with Crippen molar-refractivity contribution < 1.29 is 0 Å². The van der Waals surface area contributed by atoms with E-state index in [-0.39, 0.29) is 0 Å². The first-order chi connectivity index (χ1) is 7.69. The summed E-state index contributed by atoms with van der Waals surface area (Å²) in [6, 6.07) is 10.5. The molecule has 0 saturated heterocycles. The van der Waals surface area contributed by atoms with E-state index in [0.717, 1.165) is 10.5 Å². The van der Waals surface area contributed by atoms with E-state index in [9.17, 15) is 0 Å². The summed E-state index contributed by atoms with van der Waals surface area (Å²) in [7, 11) is 2.08. The van der Waals surface area contributed by atoms with Crippen LogP contribution in [0.25, 0.3) is 0 Å². The second-order valence-corrected chi connectivity index (χ2v) is 5.08. The molecule has 0 aliphatic carbocycles. The smallest absolute Gasteiger partial charge is 0.100 e. The molecule has 0 spiro atoms. The van der Waals surface area contributed by atoms with Gasteiger partial charge in [-0.2, -0.15) is 5.26 Å². The number of nitrogens with zero attached hydrogens (tertiary/aromatic N) is 2. The predicted molar refractivity (Wildman–Crippen MR) is 69.1 cm³/mol. The fourth-order valence-electron chi connectivity index (χ4n) is 1.48. The average molecular weight is 234 g/mol. The van der Waals surface area contributed by atoms with Crippen LogP contribution in [0.2, 0.25) is 0 Å². The van der Waals surface area contributed by atoms with Gasteiger partial charge in [0, 0.05) is 10.9 Å². The van der Waals surface area contributed by atoms with Crippen molar-refractivity contribution in [2.24, 2.45) is 0 Å². The molecule has 0 fully saturated rings. The second-order valence-electron chi connectivity index (χ2n) is 3.88. The van der Waals surface area contributed by atoms with Gasteiger partial charge in [0.25, 0.3) is 0 Å². The summed E-state index contributed by atoms with van der Waals surface area (Å²) < 4.78 is 2.22. The average Bonchev–Trinajstić information content (AvgIpc) is 2.30. The predicted octanol–water partition coefficient (Wildman–Crippen LogP) is 3.69. The van der Waals surface area contributed by atoms with E-state index < -0.39 is 0 Å². The van der Waals surface area contributed by atoms with Crippen LogP contribution < -0.4 is 0 Å². The molecule has 0 N–H and O–H groups in total. The topological polar surface area (TPSA) is 27.0 Å².